The third-order valence-electron chi connectivity index (χ3n) is 2.77. The average Bonchev–Trinajstić information content (AvgIpc) is 2.59. The fourth-order valence-electron chi connectivity index (χ4n) is 2.00. The van der Waals surface area contributed by atoms with Gasteiger partial charge in [-0.2, -0.15) is 0 Å². The van der Waals surface area contributed by atoms with Crippen molar-refractivity contribution in [3.05, 3.63) is 58.9 Å². The van der Waals surface area contributed by atoms with Gasteiger partial charge in [0.25, 0.3) is 0 Å². The first-order chi connectivity index (χ1) is 8.06. The van der Waals surface area contributed by atoms with Gasteiger partial charge in [-0.15, -0.1) is 0 Å². The van der Waals surface area contributed by atoms with Crippen molar-refractivity contribution in [2.45, 2.75) is 13.3 Å². The van der Waals surface area contributed by atoms with Crippen molar-refractivity contribution in [2.75, 3.05) is 0 Å². The summed E-state index contributed by atoms with van der Waals surface area (Å²) < 4.78 is 1.65. The summed E-state index contributed by atoms with van der Waals surface area (Å²) in [5.74, 6) is -0.886. The van der Waals surface area contributed by atoms with Crippen molar-refractivity contribution in [3.8, 4) is 0 Å². The van der Waals surface area contributed by atoms with E-state index < -0.39 is 5.97 Å². The van der Waals surface area contributed by atoms with Gasteiger partial charge >= 0.3 is 5.97 Å². The Labute approximate surface area is 100 Å². The minimum atomic E-state index is -0.886. The lowest BCUT2D eigenvalue weighted by atomic mass is 10.1. The van der Waals surface area contributed by atoms with Gasteiger partial charge in [-0.3, -0.25) is 0 Å². The SMILES string of the molecule is Cc1cccc(Cc2cc(C(=O)O)n(C)c2)c1. The molecule has 0 aliphatic carbocycles. The number of benzene rings is 1. The largest absolute Gasteiger partial charge is 0.477 e. The van der Waals surface area contributed by atoms with Crippen LogP contribution in [0.5, 0.6) is 0 Å². The molecule has 0 amide bonds. The van der Waals surface area contributed by atoms with Crippen LogP contribution in [0.15, 0.2) is 36.5 Å². The normalized spacial score (nSPS) is 10.5. The second-order valence-electron chi connectivity index (χ2n) is 4.32. The van der Waals surface area contributed by atoms with Crippen LogP contribution >= 0.6 is 0 Å². The lowest BCUT2D eigenvalue weighted by molar-refractivity contribution is 0.0686. The molecule has 1 N–H and O–H groups in total. The molecule has 0 bridgehead atoms. The predicted molar refractivity (Wildman–Crippen MR) is 66.4 cm³/mol. The standard InChI is InChI=1S/C14H15NO2/c1-10-4-3-5-11(6-10)7-12-8-13(14(16)17)15(2)9-12/h3-6,8-9H,7H2,1-2H3,(H,16,17). The Kier molecular flexibility index (Phi) is 3.00. The fraction of sp³-hybridized carbons (Fsp3) is 0.214. The number of hydrogen-bond acceptors (Lipinski definition) is 1. The highest BCUT2D eigenvalue weighted by atomic mass is 16.4. The van der Waals surface area contributed by atoms with E-state index in [1.54, 1.807) is 17.7 Å². The minimum absolute atomic E-state index is 0.327. The van der Waals surface area contributed by atoms with Crippen LogP contribution in [0, 0.1) is 6.92 Å². The van der Waals surface area contributed by atoms with E-state index in [9.17, 15) is 4.79 Å². The summed E-state index contributed by atoms with van der Waals surface area (Å²) >= 11 is 0. The van der Waals surface area contributed by atoms with Crippen molar-refractivity contribution in [2.24, 2.45) is 7.05 Å². The molecule has 0 radical (unpaired) electrons. The van der Waals surface area contributed by atoms with Crippen LogP contribution in [0.1, 0.15) is 27.2 Å². The molecular formula is C14H15NO2. The number of aryl methyl sites for hydroxylation is 2. The quantitative estimate of drug-likeness (QED) is 0.879. The number of aromatic nitrogens is 1. The first-order valence-electron chi connectivity index (χ1n) is 5.50. The molecule has 0 saturated carbocycles. The lowest BCUT2D eigenvalue weighted by Crippen LogP contribution is -2.02. The third-order valence-corrected chi connectivity index (χ3v) is 2.77. The molecule has 0 aliphatic heterocycles. The zero-order valence-corrected chi connectivity index (χ0v) is 9.97. The maximum atomic E-state index is 10.9. The van der Waals surface area contributed by atoms with Crippen LogP contribution in [0.2, 0.25) is 0 Å². The van der Waals surface area contributed by atoms with E-state index in [4.69, 9.17) is 5.11 Å². The summed E-state index contributed by atoms with van der Waals surface area (Å²) in [5.41, 5.74) is 3.77. The summed E-state index contributed by atoms with van der Waals surface area (Å²) in [6.07, 6.45) is 2.63. The Bertz CT molecular complexity index is 555. The Morgan fingerprint density at radius 1 is 1.29 bits per heavy atom. The van der Waals surface area contributed by atoms with E-state index in [0.717, 1.165) is 12.0 Å². The average molecular weight is 229 g/mol. The van der Waals surface area contributed by atoms with Crippen LogP contribution in [0.25, 0.3) is 0 Å². The van der Waals surface area contributed by atoms with Gasteiger partial charge in [0.05, 0.1) is 0 Å². The molecule has 0 saturated heterocycles. The topological polar surface area (TPSA) is 42.2 Å². The Morgan fingerprint density at radius 3 is 2.65 bits per heavy atom. The van der Waals surface area contributed by atoms with Crippen LogP contribution in [-0.4, -0.2) is 15.6 Å². The van der Waals surface area contributed by atoms with Gasteiger partial charge in [-0.25, -0.2) is 4.79 Å². The van der Waals surface area contributed by atoms with Gasteiger partial charge in [0.15, 0.2) is 0 Å². The van der Waals surface area contributed by atoms with E-state index in [0.29, 0.717) is 5.69 Å². The van der Waals surface area contributed by atoms with E-state index in [2.05, 4.69) is 25.1 Å². The zero-order chi connectivity index (χ0) is 12.4. The summed E-state index contributed by atoms with van der Waals surface area (Å²) in [4.78, 5) is 10.9. The number of aromatic carboxylic acids is 1. The van der Waals surface area contributed by atoms with Gasteiger partial charge in [0.1, 0.15) is 5.69 Å². The highest BCUT2D eigenvalue weighted by Crippen LogP contribution is 2.14. The van der Waals surface area contributed by atoms with Gasteiger partial charge in [-0.05, 0) is 30.5 Å². The summed E-state index contributed by atoms with van der Waals surface area (Å²) in [5, 5.41) is 8.97. The molecule has 0 unspecified atom stereocenters. The highest BCUT2D eigenvalue weighted by Gasteiger charge is 2.09. The molecule has 0 fully saturated rings. The number of hydrogen-bond donors (Lipinski definition) is 1. The molecule has 1 heterocycles. The predicted octanol–water partition coefficient (Wildman–Crippen LogP) is 2.62. The molecule has 3 heteroatoms. The molecule has 2 rings (SSSR count). The molecule has 3 nitrogen and oxygen atoms in total. The van der Waals surface area contributed by atoms with E-state index in [-0.39, 0.29) is 0 Å². The summed E-state index contributed by atoms with van der Waals surface area (Å²) in [6, 6.07) is 9.97. The van der Waals surface area contributed by atoms with E-state index in [1.807, 2.05) is 12.3 Å². The van der Waals surface area contributed by atoms with Crippen molar-refractivity contribution < 1.29 is 9.90 Å². The van der Waals surface area contributed by atoms with Gasteiger partial charge in [0.2, 0.25) is 0 Å². The summed E-state index contributed by atoms with van der Waals surface area (Å²) in [7, 11) is 1.75. The number of rotatable bonds is 3. The highest BCUT2D eigenvalue weighted by molar-refractivity contribution is 5.86. The van der Waals surface area contributed by atoms with E-state index in [1.165, 1.54) is 11.1 Å². The van der Waals surface area contributed by atoms with Crippen molar-refractivity contribution in [1.82, 2.24) is 4.57 Å². The van der Waals surface area contributed by atoms with Gasteiger partial charge < -0.3 is 9.67 Å². The van der Waals surface area contributed by atoms with Crippen molar-refractivity contribution >= 4 is 5.97 Å². The minimum Gasteiger partial charge on any atom is -0.477 e. The number of carbonyl (C=O) groups is 1. The number of carboxylic acids is 1. The molecule has 1 aromatic heterocycles. The van der Waals surface area contributed by atoms with Gasteiger partial charge in [0, 0.05) is 13.2 Å². The van der Waals surface area contributed by atoms with E-state index >= 15 is 0 Å². The zero-order valence-electron chi connectivity index (χ0n) is 9.97. The Morgan fingerprint density at radius 2 is 2.06 bits per heavy atom. The second-order valence-corrected chi connectivity index (χ2v) is 4.32. The molecular weight excluding hydrogens is 214 g/mol. The molecule has 17 heavy (non-hydrogen) atoms. The van der Waals surface area contributed by atoms with Crippen molar-refractivity contribution in [1.29, 1.82) is 0 Å². The fourth-order valence-corrected chi connectivity index (χ4v) is 2.00. The van der Waals surface area contributed by atoms with Crippen LogP contribution in [0.4, 0.5) is 0 Å². The second kappa shape index (κ2) is 4.45. The smallest absolute Gasteiger partial charge is 0.352 e. The molecule has 0 atom stereocenters. The molecule has 0 spiro atoms. The maximum absolute atomic E-state index is 10.9. The van der Waals surface area contributed by atoms with Crippen LogP contribution in [0.3, 0.4) is 0 Å². The molecule has 0 aliphatic rings. The molecule has 1 aromatic carbocycles. The number of nitrogens with zero attached hydrogens (tertiary/aromatic N) is 1. The third kappa shape index (κ3) is 2.56. The monoisotopic (exact) mass is 229 g/mol. The maximum Gasteiger partial charge on any atom is 0.352 e. The first-order valence-corrected chi connectivity index (χ1v) is 5.50. The van der Waals surface area contributed by atoms with Gasteiger partial charge in [-0.1, -0.05) is 29.8 Å². The Balaban J connectivity index is 2.25. The summed E-state index contributed by atoms with van der Waals surface area (Å²) in [6.45, 7) is 2.05. The number of carboxylic acid groups (broad SMARTS) is 1. The first kappa shape index (κ1) is 11.5. The molecule has 2 aromatic rings. The van der Waals surface area contributed by atoms with Crippen LogP contribution in [-0.2, 0) is 13.5 Å². The van der Waals surface area contributed by atoms with Crippen molar-refractivity contribution in [3.63, 3.8) is 0 Å². The van der Waals surface area contributed by atoms with Crippen LogP contribution < -0.4 is 0 Å². The Hall–Kier alpha value is -2.03. The lowest BCUT2D eigenvalue weighted by Gasteiger charge is -2.00. The molecule has 88 valence electrons.